The van der Waals surface area contributed by atoms with Gasteiger partial charge in [-0.3, -0.25) is 5.10 Å². The summed E-state index contributed by atoms with van der Waals surface area (Å²) in [6.07, 6.45) is 1.04. The molecule has 0 aliphatic rings. The molecule has 3 N–H and O–H groups in total. The van der Waals surface area contributed by atoms with E-state index in [9.17, 15) is 0 Å². The highest BCUT2D eigenvalue weighted by Crippen LogP contribution is 2.15. The van der Waals surface area contributed by atoms with Gasteiger partial charge in [-0.1, -0.05) is 31.2 Å². The number of aryl methyl sites for hydroxylation is 1. The monoisotopic (exact) mass is 188 g/mol. The maximum Gasteiger partial charge on any atom is 0.239 e. The highest BCUT2D eigenvalue weighted by Gasteiger charge is 2.01. The molecule has 72 valence electrons. The molecule has 0 aliphatic heterocycles. The van der Waals surface area contributed by atoms with Crippen molar-refractivity contribution in [3.05, 3.63) is 29.8 Å². The van der Waals surface area contributed by atoms with Crippen LogP contribution < -0.4 is 5.73 Å². The third kappa shape index (κ3) is 1.59. The molecule has 0 aliphatic carbocycles. The standard InChI is InChI=1S/C10H12N4/c1-2-7-3-5-8(6-4-7)9-12-10(11)14-13-9/h3-6H,2H2,1H3,(H3,11,12,13,14). The van der Waals surface area contributed by atoms with Crippen LogP contribution in [-0.4, -0.2) is 15.2 Å². The van der Waals surface area contributed by atoms with E-state index >= 15 is 0 Å². The summed E-state index contributed by atoms with van der Waals surface area (Å²) in [6, 6.07) is 8.18. The predicted octanol–water partition coefficient (Wildman–Crippen LogP) is 1.62. The minimum absolute atomic E-state index is 0.277. The van der Waals surface area contributed by atoms with Crippen molar-refractivity contribution in [2.75, 3.05) is 5.73 Å². The maximum absolute atomic E-state index is 5.42. The molecule has 0 radical (unpaired) electrons. The van der Waals surface area contributed by atoms with Gasteiger partial charge in [0, 0.05) is 5.56 Å². The average Bonchev–Trinajstić information content (AvgIpc) is 2.65. The normalized spacial score (nSPS) is 10.4. The second-order valence-corrected chi connectivity index (χ2v) is 3.09. The largest absolute Gasteiger partial charge is 0.366 e. The fraction of sp³-hybridized carbons (Fsp3) is 0.200. The van der Waals surface area contributed by atoms with Crippen LogP contribution in [0.4, 0.5) is 5.95 Å². The Kier molecular flexibility index (Phi) is 2.18. The van der Waals surface area contributed by atoms with E-state index in [-0.39, 0.29) is 5.95 Å². The highest BCUT2D eigenvalue weighted by molar-refractivity contribution is 5.56. The fourth-order valence-electron chi connectivity index (χ4n) is 1.30. The van der Waals surface area contributed by atoms with Crippen molar-refractivity contribution in [1.82, 2.24) is 15.2 Å². The summed E-state index contributed by atoms with van der Waals surface area (Å²) < 4.78 is 0. The first-order valence-corrected chi connectivity index (χ1v) is 4.57. The number of H-pyrrole nitrogens is 1. The summed E-state index contributed by atoms with van der Waals surface area (Å²) in [5.41, 5.74) is 7.73. The summed E-state index contributed by atoms with van der Waals surface area (Å²) in [6.45, 7) is 2.13. The zero-order valence-corrected chi connectivity index (χ0v) is 7.99. The number of anilines is 1. The molecular weight excluding hydrogens is 176 g/mol. The van der Waals surface area contributed by atoms with Gasteiger partial charge in [-0.25, -0.2) is 0 Å². The molecule has 4 nitrogen and oxygen atoms in total. The number of nitrogens with zero attached hydrogens (tertiary/aromatic N) is 2. The molecule has 2 rings (SSSR count). The van der Waals surface area contributed by atoms with Gasteiger partial charge >= 0.3 is 0 Å². The molecular formula is C10H12N4. The number of nitrogens with two attached hydrogens (primary N) is 1. The van der Waals surface area contributed by atoms with Gasteiger partial charge in [0.05, 0.1) is 0 Å². The SMILES string of the molecule is CCc1ccc(-c2nc(N)n[nH]2)cc1. The molecule has 0 atom stereocenters. The van der Waals surface area contributed by atoms with Crippen LogP contribution in [0.3, 0.4) is 0 Å². The van der Waals surface area contributed by atoms with E-state index in [1.165, 1.54) is 5.56 Å². The van der Waals surface area contributed by atoms with Crippen molar-refractivity contribution in [3.63, 3.8) is 0 Å². The van der Waals surface area contributed by atoms with Crippen LogP contribution in [0.2, 0.25) is 0 Å². The molecule has 1 aromatic carbocycles. The summed E-state index contributed by atoms with van der Waals surface area (Å²) in [7, 11) is 0. The van der Waals surface area contributed by atoms with E-state index in [1.807, 2.05) is 12.1 Å². The molecule has 0 saturated heterocycles. The fourth-order valence-corrected chi connectivity index (χ4v) is 1.30. The molecule has 1 aromatic heterocycles. The number of hydrogen-bond acceptors (Lipinski definition) is 3. The van der Waals surface area contributed by atoms with Crippen molar-refractivity contribution in [2.45, 2.75) is 13.3 Å². The van der Waals surface area contributed by atoms with Crippen LogP contribution in [0.1, 0.15) is 12.5 Å². The zero-order chi connectivity index (χ0) is 9.97. The van der Waals surface area contributed by atoms with Crippen molar-refractivity contribution < 1.29 is 0 Å². The minimum atomic E-state index is 0.277. The number of nitrogens with one attached hydrogen (secondary N) is 1. The van der Waals surface area contributed by atoms with Crippen molar-refractivity contribution in [2.24, 2.45) is 0 Å². The second-order valence-electron chi connectivity index (χ2n) is 3.09. The number of aromatic nitrogens is 3. The van der Waals surface area contributed by atoms with Crippen LogP contribution in [0.15, 0.2) is 24.3 Å². The average molecular weight is 188 g/mol. The summed E-state index contributed by atoms with van der Waals surface area (Å²) >= 11 is 0. The molecule has 0 unspecified atom stereocenters. The number of hydrogen-bond donors (Lipinski definition) is 2. The maximum atomic E-state index is 5.42. The lowest BCUT2D eigenvalue weighted by atomic mass is 10.1. The van der Waals surface area contributed by atoms with Crippen molar-refractivity contribution >= 4 is 5.95 Å². The Balaban J connectivity index is 2.33. The van der Waals surface area contributed by atoms with Crippen LogP contribution in [0, 0.1) is 0 Å². The Hall–Kier alpha value is -1.84. The zero-order valence-electron chi connectivity index (χ0n) is 7.99. The summed E-state index contributed by atoms with van der Waals surface area (Å²) in [4.78, 5) is 4.05. The lowest BCUT2D eigenvalue weighted by Crippen LogP contribution is -1.86. The van der Waals surface area contributed by atoms with Crippen LogP contribution in [0.5, 0.6) is 0 Å². The van der Waals surface area contributed by atoms with E-state index in [4.69, 9.17) is 5.73 Å². The Morgan fingerprint density at radius 3 is 2.50 bits per heavy atom. The highest BCUT2D eigenvalue weighted by atomic mass is 15.3. The van der Waals surface area contributed by atoms with Gasteiger partial charge < -0.3 is 5.73 Å². The molecule has 14 heavy (non-hydrogen) atoms. The molecule has 1 heterocycles. The molecule has 2 aromatic rings. The van der Waals surface area contributed by atoms with Gasteiger partial charge in [-0.05, 0) is 12.0 Å². The van der Waals surface area contributed by atoms with Gasteiger partial charge in [0.2, 0.25) is 5.95 Å². The predicted molar refractivity (Wildman–Crippen MR) is 55.6 cm³/mol. The van der Waals surface area contributed by atoms with Gasteiger partial charge in [-0.2, -0.15) is 4.98 Å². The van der Waals surface area contributed by atoms with E-state index in [0.29, 0.717) is 5.82 Å². The number of nitrogen functional groups attached to an aromatic ring is 1. The van der Waals surface area contributed by atoms with Gasteiger partial charge in [0.15, 0.2) is 5.82 Å². The Bertz CT molecular complexity index is 416. The molecule has 0 spiro atoms. The first-order valence-electron chi connectivity index (χ1n) is 4.57. The third-order valence-corrected chi connectivity index (χ3v) is 2.14. The Labute approximate surface area is 82.2 Å². The molecule has 0 bridgehead atoms. The molecule has 4 heteroatoms. The lowest BCUT2D eigenvalue weighted by Gasteiger charge is -1.98. The molecule has 0 saturated carbocycles. The van der Waals surface area contributed by atoms with Gasteiger partial charge in [0.1, 0.15) is 0 Å². The lowest BCUT2D eigenvalue weighted by molar-refractivity contribution is 1.10. The van der Waals surface area contributed by atoms with Gasteiger partial charge in [-0.15, -0.1) is 5.10 Å². The van der Waals surface area contributed by atoms with Crippen molar-refractivity contribution in [1.29, 1.82) is 0 Å². The van der Waals surface area contributed by atoms with E-state index in [0.717, 1.165) is 12.0 Å². The number of aromatic amines is 1. The van der Waals surface area contributed by atoms with Gasteiger partial charge in [0.25, 0.3) is 0 Å². The number of rotatable bonds is 2. The summed E-state index contributed by atoms with van der Waals surface area (Å²) in [5, 5.41) is 6.55. The smallest absolute Gasteiger partial charge is 0.239 e. The molecule has 0 fully saturated rings. The van der Waals surface area contributed by atoms with Crippen LogP contribution in [-0.2, 0) is 6.42 Å². The van der Waals surface area contributed by atoms with E-state index < -0.39 is 0 Å². The van der Waals surface area contributed by atoms with E-state index in [1.54, 1.807) is 0 Å². The van der Waals surface area contributed by atoms with Crippen LogP contribution in [0.25, 0.3) is 11.4 Å². The topological polar surface area (TPSA) is 67.6 Å². The quantitative estimate of drug-likeness (QED) is 0.752. The second kappa shape index (κ2) is 3.49. The Morgan fingerprint density at radius 1 is 1.29 bits per heavy atom. The minimum Gasteiger partial charge on any atom is -0.366 e. The first kappa shape index (κ1) is 8.74. The third-order valence-electron chi connectivity index (χ3n) is 2.14. The number of benzene rings is 1. The first-order chi connectivity index (χ1) is 6.79. The Morgan fingerprint density at radius 2 is 2.00 bits per heavy atom. The van der Waals surface area contributed by atoms with E-state index in [2.05, 4.69) is 34.2 Å². The van der Waals surface area contributed by atoms with Crippen molar-refractivity contribution in [3.8, 4) is 11.4 Å². The van der Waals surface area contributed by atoms with Crippen LogP contribution >= 0.6 is 0 Å². The molecule has 0 amide bonds. The summed E-state index contributed by atoms with van der Waals surface area (Å²) in [5.74, 6) is 0.990.